The Labute approximate surface area is 195 Å². The number of hydrogen-bond acceptors (Lipinski definition) is 8. The van der Waals surface area contributed by atoms with Gasteiger partial charge in [-0.25, -0.2) is 13.4 Å². The van der Waals surface area contributed by atoms with Gasteiger partial charge in [0.2, 0.25) is 15.9 Å². The van der Waals surface area contributed by atoms with E-state index in [0.29, 0.717) is 49.1 Å². The smallest absolute Gasteiger partial charge is 0.258 e. The van der Waals surface area contributed by atoms with Crippen molar-refractivity contribution in [1.29, 1.82) is 0 Å². The summed E-state index contributed by atoms with van der Waals surface area (Å²) in [6.45, 7) is 4.21. The highest BCUT2D eigenvalue weighted by Crippen LogP contribution is 2.16. The van der Waals surface area contributed by atoms with Crippen molar-refractivity contribution < 1.29 is 17.9 Å². The van der Waals surface area contributed by atoms with Gasteiger partial charge in [-0.3, -0.25) is 18.9 Å². The normalized spacial score (nSPS) is 16.1. The summed E-state index contributed by atoms with van der Waals surface area (Å²) in [6.07, 6.45) is 1.70. The van der Waals surface area contributed by atoms with Gasteiger partial charge in [0.1, 0.15) is 5.75 Å². The molecule has 0 spiro atoms. The zero-order valence-electron chi connectivity index (χ0n) is 18.3. The second-order valence-corrected chi connectivity index (χ2v) is 10.3. The largest absolute Gasteiger partial charge is 0.497 e. The number of nitrogens with one attached hydrogen (secondary N) is 1. The molecule has 0 radical (unpaired) electrons. The molecule has 1 amide bonds. The van der Waals surface area contributed by atoms with Crippen LogP contribution in [0.1, 0.15) is 12.6 Å². The highest BCUT2D eigenvalue weighted by atomic mass is 32.2. The van der Waals surface area contributed by atoms with Crippen molar-refractivity contribution >= 4 is 32.2 Å². The highest BCUT2D eigenvalue weighted by molar-refractivity contribution is 7.89. The fourth-order valence-electron chi connectivity index (χ4n) is 3.70. The predicted octanol–water partition coefficient (Wildman–Crippen LogP) is 0.776. The lowest BCUT2D eigenvalue weighted by molar-refractivity contribution is -0.134. The van der Waals surface area contributed by atoms with Crippen LogP contribution in [0, 0.1) is 0 Å². The Morgan fingerprint density at radius 3 is 2.58 bits per heavy atom. The van der Waals surface area contributed by atoms with E-state index in [2.05, 4.69) is 14.6 Å². The summed E-state index contributed by atoms with van der Waals surface area (Å²) in [5.74, 6) is 0.273. The minimum absolute atomic E-state index is 0.0684. The Kier molecular flexibility index (Phi) is 6.79. The lowest BCUT2D eigenvalue weighted by Gasteiger charge is -2.35. The van der Waals surface area contributed by atoms with E-state index < -0.39 is 16.1 Å². The van der Waals surface area contributed by atoms with Gasteiger partial charge in [0.05, 0.1) is 23.7 Å². The zero-order valence-corrected chi connectivity index (χ0v) is 19.9. The van der Waals surface area contributed by atoms with E-state index in [-0.39, 0.29) is 16.4 Å². The van der Waals surface area contributed by atoms with Crippen LogP contribution in [0.5, 0.6) is 5.75 Å². The lowest BCUT2D eigenvalue weighted by atomic mass is 10.2. The molecule has 1 aliphatic heterocycles. The molecule has 176 valence electrons. The van der Waals surface area contributed by atoms with E-state index in [4.69, 9.17) is 4.74 Å². The number of rotatable bonds is 7. The van der Waals surface area contributed by atoms with Gasteiger partial charge >= 0.3 is 0 Å². The maximum absolute atomic E-state index is 12.8. The van der Waals surface area contributed by atoms with Gasteiger partial charge in [0, 0.05) is 50.4 Å². The van der Waals surface area contributed by atoms with Crippen molar-refractivity contribution in [1.82, 2.24) is 23.9 Å². The van der Waals surface area contributed by atoms with Crippen molar-refractivity contribution in [2.24, 2.45) is 0 Å². The minimum Gasteiger partial charge on any atom is -0.497 e. The van der Waals surface area contributed by atoms with E-state index in [1.165, 1.54) is 41.0 Å². The number of piperazine rings is 1. The number of thiazole rings is 1. The molecule has 1 N–H and O–H groups in total. The number of amides is 1. The Balaban J connectivity index is 1.32. The number of ether oxygens (including phenoxy) is 1. The summed E-state index contributed by atoms with van der Waals surface area (Å²) < 4.78 is 34.3. The van der Waals surface area contributed by atoms with E-state index >= 15 is 0 Å². The summed E-state index contributed by atoms with van der Waals surface area (Å²) in [5.41, 5.74) is 0.589. The molecule has 3 aromatic rings. The Morgan fingerprint density at radius 2 is 1.91 bits per heavy atom. The third-order valence-electron chi connectivity index (χ3n) is 5.50. The van der Waals surface area contributed by atoms with Crippen molar-refractivity contribution in [2.75, 3.05) is 33.3 Å². The third kappa shape index (κ3) is 5.24. The van der Waals surface area contributed by atoms with Crippen molar-refractivity contribution in [3.8, 4) is 5.75 Å². The molecule has 0 unspecified atom stereocenters. The molecule has 0 aliphatic carbocycles. The number of aromatic nitrogens is 2. The van der Waals surface area contributed by atoms with E-state index in [1.54, 1.807) is 30.2 Å². The first kappa shape index (κ1) is 23.4. The van der Waals surface area contributed by atoms with Gasteiger partial charge in [0.15, 0.2) is 4.96 Å². The minimum atomic E-state index is -3.84. The van der Waals surface area contributed by atoms with Crippen LogP contribution in [0.2, 0.25) is 0 Å². The van der Waals surface area contributed by atoms with Gasteiger partial charge < -0.3 is 9.64 Å². The molecular weight excluding hydrogens is 466 g/mol. The molecule has 1 saturated heterocycles. The highest BCUT2D eigenvalue weighted by Gasteiger charge is 2.28. The van der Waals surface area contributed by atoms with Crippen LogP contribution in [0.15, 0.2) is 51.6 Å². The maximum atomic E-state index is 12.8. The number of benzene rings is 1. The number of hydrogen-bond donors (Lipinski definition) is 1. The van der Waals surface area contributed by atoms with Gasteiger partial charge in [-0.1, -0.05) is 0 Å². The summed E-state index contributed by atoms with van der Waals surface area (Å²) in [6, 6.07) is 6.62. The summed E-state index contributed by atoms with van der Waals surface area (Å²) in [7, 11) is -2.34. The van der Waals surface area contributed by atoms with Crippen molar-refractivity contribution in [2.45, 2.75) is 24.4 Å². The summed E-state index contributed by atoms with van der Waals surface area (Å²) in [4.78, 5) is 34.0. The molecule has 1 atom stereocenters. The second kappa shape index (κ2) is 9.59. The molecular formula is C21H25N5O5S2. The number of carbonyl (C=O) groups excluding carboxylic acids is 1. The molecule has 12 heteroatoms. The van der Waals surface area contributed by atoms with E-state index in [0.717, 1.165) is 0 Å². The number of nitrogens with zero attached hydrogens (tertiary/aromatic N) is 4. The SMILES string of the molecule is COc1ccc(S(=O)(=O)N[C@@H](C)C(=O)N2CCN(Cc3cc(=O)n4ccsc4n3)CC2)cc1. The van der Waals surface area contributed by atoms with Gasteiger partial charge in [0.25, 0.3) is 5.56 Å². The monoisotopic (exact) mass is 491 g/mol. The predicted molar refractivity (Wildman–Crippen MR) is 124 cm³/mol. The van der Waals surface area contributed by atoms with Gasteiger partial charge in [-0.05, 0) is 31.2 Å². The summed E-state index contributed by atoms with van der Waals surface area (Å²) >= 11 is 1.41. The third-order valence-corrected chi connectivity index (χ3v) is 7.81. The number of carbonyl (C=O) groups is 1. The van der Waals surface area contributed by atoms with Crippen LogP contribution >= 0.6 is 11.3 Å². The first-order valence-electron chi connectivity index (χ1n) is 10.4. The van der Waals surface area contributed by atoms with Gasteiger partial charge in [-0.15, -0.1) is 11.3 Å². The fourth-order valence-corrected chi connectivity index (χ4v) is 5.64. The quantitative estimate of drug-likeness (QED) is 0.520. The Morgan fingerprint density at radius 1 is 1.21 bits per heavy atom. The molecule has 33 heavy (non-hydrogen) atoms. The first-order valence-corrected chi connectivity index (χ1v) is 12.8. The Hall–Kier alpha value is -2.80. The molecule has 4 rings (SSSR count). The number of sulfonamides is 1. The molecule has 2 aromatic heterocycles. The van der Waals surface area contributed by atoms with Crippen LogP contribution < -0.4 is 15.0 Å². The molecule has 10 nitrogen and oxygen atoms in total. The van der Waals surface area contributed by atoms with Crippen LogP contribution in [-0.4, -0.2) is 72.8 Å². The van der Waals surface area contributed by atoms with Crippen LogP contribution in [0.3, 0.4) is 0 Å². The van der Waals surface area contributed by atoms with Gasteiger partial charge in [-0.2, -0.15) is 4.72 Å². The average Bonchev–Trinajstić information content (AvgIpc) is 3.28. The number of methoxy groups -OCH3 is 1. The average molecular weight is 492 g/mol. The van der Waals surface area contributed by atoms with E-state index in [1.807, 2.05) is 5.38 Å². The second-order valence-electron chi connectivity index (χ2n) is 7.76. The first-order chi connectivity index (χ1) is 15.8. The van der Waals surface area contributed by atoms with Crippen molar-refractivity contribution in [3.63, 3.8) is 0 Å². The lowest BCUT2D eigenvalue weighted by Crippen LogP contribution is -2.53. The van der Waals surface area contributed by atoms with Crippen LogP contribution in [0.4, 0.5) is 0 Å². The van der Waals surface area contributed by atoms with Crippen LogP contribution in [-0.2, 0) is 21.4 Å². The molecule has 0 bridgehead atoms. The maximum Gasteiger partial charge on any atom is 0.258 e. The molecule has 1 aliphatic rings. The molecule has 1 fully saturated rings. The Bertz CT molecular complexity index is 1290. The summed E-state index contributed by atoms with van der Waals surface area (Å²) in [5, 5.41) is 1.82. The standard InChI is InChI=1S/C21H25N5O5S2/c1-15(23-33(29,30)18-5-3-17(31-2)4-6-18)20(28)25-9-7-24(8-10-25)14-16-13-19(27)26-11-12-32-21(26)22-16/h3-6,11-13,15,23H,7-10,14H2,1-2H3/t15-/m0/s1. The van der Waals surface area contributed by atoms with E-state index in [9.17, 15) is 18.0 Å². The number of fused-ring (bicyclic) bond motifs is 1. The zero-order chi connectivity index (χ0) is 23.6. The van der Waals surface area contributed by atoms with Crippen molar-refractivity contribution in [3.05, 3.63) is 58.0 Å². The molecule has 3 heterocycles. The van der Waals surface area contributed by atoms with Crippen LogP contribution in [0.25, 0.3) is 4.96 Å². The topological polar surface area (TPSA) is 113 Å². The molecule has 1 aromatic carbocycles. The fraction of sp³-hybridized carbons (Fsp3) is 0.381. The molecule has 0 saturated carbocycles.